The van der Waals surface area contributed by atoms with Crippen LogP contribution in [0.4, 0.5) is 8.78 Å². The van der Waals surface area contributed by atoms with Gasteiger partial charge in [0.15, 0.2) is 0 Å². The van der Waals surface area contributed by atoms with Crippen molar-refractivity contribution in [1.82, 2.24) is 4.98 Å². The van der Waals surface area contributed by atoms with E-state index in [1.807, 2.05) is 0 Å². The highest BCUT2D eigenvalue weighted by molar-refractivity contribution is 5.40. The van der Waals surface area contributed by atoms with Gasteiger partial charge in [-0.1, -0.05) is 0 Å². The molecule has 0 bridgehead atoms. The second kappa shape index (κ2) is 3.35. The molecule has 0 aliphatic rings. The fraction of sp³-hybridized carbons (Fsp3) is 0.250. The molecular weight excluding hydrogens is 178 g/mol. The Morgan fingerprint density at radius 1 is 1.62 bits per heavy atom. The van der Waals surface area contributed by atoms with Gasteiger partial charge >= 0.3 is 0 Å². The zero-order chi connectivity index (χ0) is 10.0. The maximum absolute atomic E-state index is 12.4. The summed E-state index contributed by atoms with van der Waals surface area (Å²) >= 11 is 0. The number of aromatic nitrogens is 1. The SMILES string of the molecule is Cc1c(C(F)F)c(C#N)c[nH]c1=O. The molecule has 68 valence electrons. The number of halogens is 2. The summed E-state index contributed by atoms with van der Waals surface area (Å²) in [6.45, 7) is 1.27. The number of aromatic amines is 1. The Hall–Kier alpha value is -1.70. The van der Waals surface area contributed by atoms with Crippen molar-refractivity contribution in [3.63, 3.8) is 0 Å². The summed E-state index contributed by atoms with van der Waals surface area (Å²) in [5.74, 6) is 0. The number of rotatable bonds is 1. The topological polar surface area (TPSA) is 56.6 Å². The summed E-state index contributed by atoms with van der Waals surface area (Å²) < 4.78 is 24.7. The van der Waals surface area contributed by atoms with Gasteiger partial charge in [0.1, 0.15) is 6.07 Å². The van der Waals surface area contributed by atoms with Crippen molar-refractivity contribution in [3.8, 4) is 6.07 Å². The van der Waals surface area contributed by atoms with Crippen molar-refractivity contribution in [2.24, 2.45) is 0 Å². The molecule has 5 heteroatoms. The second-order valence-electron chi connectivity index (χ2n) is 2.48. The summed E-state index contributed by atoms with van der Waals surface area (Å²) in [5, 5.41) is 8.48. The molecule has 0 aromatic carbocycles. The second-order valence-corrected chi connectivity index (χ2v) is 2.48. The molecule has 0 radical (unpaired) electrons. The van der Waals surface area contributed by atoms with Crippen LogP contribution in [0.1, 0.15) is 23.1 Å². The van der Waals surface area contributed by atoms with E-state index in [1.165, 1.54) is 6.92 Å². The number of pyridine rings is 1. The van der Waals surface area contributed by atoms with Crippen molar-refractivity contribution < 1.29 is 8.78 Å². The molecular formula is C8H6F2N2O. The summed E-state index contributed by atoms with van der Waals surface area (Å²) in [6, 6.07) is 1.59. The lowest BCUT2D eigenvalue weighted by atomic mass is 10.1. The molecule has 0 aliphatic heterocycles. The van der Waals surface area contributed by atoms with Crippen LogP contribution in [0, 0.1) is 18.3 Å². The number of hydrogen-bond acceptors (Lipinski definition) is 2. The first-order valence-electron chi connectivity index (χ1n) is 3.48. The Labute approximate surface area is 72.6 Å². The van der Waals surface area contributed by atoms with E-state index in [2.05, 4.69) is 4.98 Å². The van der Waals surface area contributed by atoms with Crippen LogP contribution in [0.2, 0.25) is 0 Å². The number of hydrogen-bond donors (Lipinski definition) is 1. The van der Waals surface area contributed by atoms with Crippen LogP contribution < -0.4 is 5.56 Å². The molecule has 0 amide bonds. The highest BCUT2D eigenvalue weighted by Crippen LogP contribution is 2.23. The average molecular weight is 184 g/mol. The van der Waals surface area contributed by atoms with Crippen molar-refractivity contribution in [3.05, 3.63) is 33.2 Å². The summed E-state index contributed by atoms with van der Waals surface area (Å²) in [6.07, 6.45) is -1.80. The molecule has 1 aromatic heterocycles. The van der Waals surface area contributed by atoms with E-state index in [0.29, 0.717) is 0 Å². The molecule has 0 unspecified atom stereocenters. The molecule has 13 heavy (non-hydrogen) atoms. The third-order valence-corrected chi connectivity index (χ3v) is 1.72. The summed E-state index contributed by atoms with van der Waals surface area (Å²) in [4.78, 5) is 13.1. The molecule has 1 aromatic rings. The maximum Gasteiger partial charge on any atom is 0.265 e. The van der Waals surface area contributed by atoms with E-state index in [0.717, 1.165) is 6.20 Å². The predicted molar refractivity (Wildman–Crippen MR) is 41.5 cm³/mol. The standard InChI is InChI=1S/C8H6F2N2O/c1-4-6(7(9)10)5(2-11)3-12-8(4)13/h3,7H,1H3,(H,12,13). The van der Waals surface area contributed by atoms with Gasteiger partial charge in [-0.3, -0.25) is 4.79 Å². The van der Waals surface area contributed by atoms with E-state index in [-0.39, 0.29) is 11.1 Å². The first kappa shape index (κ1) is 9.39. The molecule has 0 spiro atoms. The fourth-order valence-electron chi connectivity index (χ4n) is 1.02. The van der Waals surface area contributed by atoms with Gasteiger partial charge in [-0.2, -0.15) is 5.26 Å². The normalized spacial score (nSPS) is 10.1. The Balaban J connectivity index is 3.53. The molecule has 0 fully saturated rings. The van der Waals surface area contributed by atoms with E-state index in [9.17, 15) is 13.6 Å². The first-order valence-corrected chi connectivity index (χ1v) is 3.48. The van der Waals surface area contributed by atoms with Gasteiger partial charge in [0, 0.05) is 17.3 Å². The lowest BCUT2D eigenvalue weighted by Gasteiger charge is -2.04. The largest absolute Gasteiger partial charge is 0.328 e. The highest BCUT2D eigenvalue weighted by atomic mass is 19.3. The Kier molecular flexibility index (Phi) is 2.42. The van der Waals surface area contributed by atoms with Gasteiger partial charge in [0.25, 0.3) is 12.0 Å². The molecule has 1 N–H and O–H groups in total. The van der Waals surface area contributed by atoms with Crippen molar-refractivity contribution in [1.29, 1.82) is 5.26 Å². The van der Waals surface area contributed by atoms with Crippen LogP contribution in [-0.4, -0.2) is 4.98 Å². The first-order chi connectivity index (χ1) is 6.07. The van der Waals surface area contributed by atoms with E-state index in [4.69, 9.17) is 5.26 Å². The Morgan fingerprint density at radius 3 is 2.69 bits per heavy atom. The predicted octanol–water partition coefficient (Wildman–Crippen LogP) is 1.49. The monoisotopic (exact) mass is 184 g/mol. The molecule has 0 saturated carbocycles. The van der Waals surface area contributed by atoms with E-state index < -0.39 is 17.5 Å². The van der Waals surface area contributed by atoms with Gasteiger partial charge in [-0.05, 0) is 6.92 Å². The number of nitrogens with zero attached hydrogens (tertiary/aromatic N) is 1. The van der Waals surface area contributed by atoms with Crippen LogP contribution in [-0.2, 0) is 0 Å². The van der Waals surface area contributed by atoms with Crippen molar-refractivity contribution >= 4 is 0 Å². The number of nitrogens with one attached hydrogen (secondary N) is 1. The Bertz CT molecular complexity index is 417. The average Bonchev–Trinajstić information content (AvgIpc) is 2.08. The molecule has 0 aliphatic carbocycles. The van der Waals surface area contributed by atoms with Crippen molar-refractivity contribution in [2.45, 2.75) is 13.3 Å². The number of H-pyrrole nitrogens is 1. The molecule has 0 atom stereocenters. The third kappa shape index (κ3) is 1.56. The number of alkyl halides is 2. The minimum atomic E-state index is -2.79. The summed E-state index contributed by atoms with van der Waals surface area (Å²) in [7, 11) is 0. The van der Waals surface area contributed by atoms with Crippen LogP contribution in [0.5, 0.6) is 0 Å². The lowest BCUT2D eigenvalue weighted by Crippen LogP contribution is -2.13. The minimum absolute atomic E-state index is 0.103. The zero-order valence-corrected chi connectivity index (χ0v) is 6.77. The van der Waals surface area contributed by atoms with Gasteiger partial charge < -0.3 is 4.98 Å². The minimum Gasteiger partial charge on any atom is -0.328 e. The molecule has 0 saturated heterocycles. The molecule has 3 nitrogen and oxygen atoms in total. The highest BCUT2D eigenvalue weighted by Gasteiger charge is 2.17. The van der Waals surface area contributed by atoms with Crippen LogP contribution >= 0.6 is 0 Å². The molecule has 1 rings (SSSR count). The van der Waals surface area contributed by atoms with Gasteiger partial charge in [-0.15, -0.1) is 0 Å². The van der Waals surface area contributed by atoms with Crippen LogP contribution in [0.3, 0.4) is 0 Å². The van der Waals surface area contributed by atoms with Gasteiger partial charge in [0.05, 0.1) is 5.56 Å². The lowest BCUT2D eigenvalue weighted by molar-refractivity contribution is 0.150. The summed E-state index contributed by atoms with van der Waals surface area (Å²) in [5.41, 5.74) is -1.36. The maximum atomic E-state index is 12.4. The number of nitriles is 1. The molecule has 1 heterocycles. The smallest absolute Gasteiger partial charge is 0.265 e. The van der Waals surface area contributed by atoms with E-state index >= 15 is 0 Å². The van der Waals surface area contributed by atoms with Gasteiger partial charge in [0.2, 0.25) is 0 Å². The van der Waals surface area contributed by atoms with Gasteiger partial charge in [-0.25, -0.2) is 8.78 Å². The van der Waals surface area contributed by atoms with E-state index in [1.54, 1.807) is 6.07 Å². The van der Waals surface area contributed by atoms with Crippen LogP contribution in [0.15, 0.2) is 11.0 Å². The zero-order valence-electron chi connectivity index (χ0n) is 6.77. The quantitative estimate of drug-likeness (QED) is 0.718. The third-order valence-electron chi connectivity index (χ3n) is 1.72. The van der Waals surface area contributed by atoms with Crippen molar-refractivity contribution in [2.75, 3.05) is 0 Å². The fourth-order valence-corrected chi connectivity index (χ4v) is 1.02. The Morgan fingerprint density at radius 2 is 2.23 bits per heavy atom. The van der Waals surface area contributed by atoms with Crippen LogP contribution in [0.25, 0.3) is 0 Å².